The number of aromatic nitrogens is 1. The maximum Gasteiger partial charge on any atom is 0.244 e. The molecule has 0 fully saturated rings. The van der Waals surface area contributed by atoms with Crippen LogP contribution < -0.4 is 20.3 Å². The molecule has 1 aliphatic rings. The van der Waals surface area contributed by atoms with E-state index in [2.05, 4.69) is 22.5 Å². The molecule has 9 nitrogen and oxygen atoms in total. The van der Waals surface area contributed by atoms with Crippen molar-refractivity contribution in [3.63, 3.8) is 0 Å². The molecular weight excluding hydrogens is 462 g/mol. The molecule has 1 unspecified atom stereocenters. The lowest BCUT2D eigenvalue weighted by Crippen LogP contribution is -2.37. The summed E-state index contributed by atoms with van der Waals surface area (Å²) in [7, 11) is 3.20. The summed E-state index contributed by atoms with van der Waals surface area (Å²) in [5.74, 6) is -0.480. The zero-order chi connectivity index (χ0) is 26.1. The number of carbonyl (C=O) groups excluding carboxylic acids is 3. The van der Waals surface area contributed by atoms with Gasteiger partial charge in [0.05, 0.1) is 20.8 Å². The molecule has 0 bridgehead atoms. The molecule has 0 aliphatic heterocycles. The van der Waals surface area contributed by atoms with Gasteiger partial charge in [0.15, 0.2) is 5.78 Å². The van der Waals surface area contributed by atoms with Crippen LogP contribution in [0.25, 0.3) is 0 Å². The molecule has 1 heterocycles. The first-order chi connectivity index (χ1) is 17.4. The first-order valence-corrected chi connectivity index (χ1v) is 12.2. The Bertz CT molecular complexity index is 1100. The maximum atomic E-state index is 12.9. The van der Waals surface area contributed by atoms with Crippen LogP contribution in [-0.2, 0) is 28.9 Å². The van der Waals surface area contributed by atoms with Gasteiger partial charge in [-0.1, -0.05) is 12.2 Å². The Morgan fingerprint density at radius 3 is 2.53 bits per heavy atom. The third kappa shape index (κ3) is 6.75. The predicted octanol–water partition coefficient (Wildman–Crippen LogP) is 3.22. The number of methoxy groups -OCH3 is 2. The summed E-state index contributed by atoms with van der Waals surface area (Å²) in [4.78, 5) is 40.8. The van der Waals surface area contributed by atoms with Gasteiger partial charge in [-0.25, -0.2) is 5.48 Å². The molecular formula is C27H35N3O6. The van der Waals surface area contributed by atoms with Gasteiger partial charge in [-0.2, -0.15) is 0 Å². The highest BCUT2D eigenvalue weighted by Crippen LogP contribution is 2.30. The Kier molecular flexibility index (Phi) is 9.69. The summed E-state index contributed by atoms with van der Waals surface area (Å²) in [6, 6.07) is 3.86. The van der Waals surface area contributed by atoms with E-state index in [4.69, 9.17) is 14.7 Å². The standard InChI is InChI=1S/C27H35N3O6/c1-17-24(35-2)12-18(13-25(17)36-3)8-7-9-19(14-26(32)30-34)27(33)29-16-23(31)21-15-28-22-11-6-4-5-10-20(21)22/h4-5,12-13,15,19,28,34H,6-11,14,16H2,1-3H3,(H,29,33)(H,30,32). The van der Waals surface area contributed by atoms with E-state index < -0.39 is 17.7 Å². The molecule has 4 N–H and O–H groups in total. The second-order valence-corrected chi connectivity index (χ2v) is 8.97. The molecule has 0 radical (unpaired) electrons. The Hall–Kier alpha value is -3.59. The quantitative estimate of drug-likeness (QED) is 0.154. The molecule has 1 aromatic carbocycles. The minimum Gasteiger partial charge on any atom is -0.496 e. The smallest absolute Gasteiger partial charge is 0.244 e. The number of hydroxylamine groups is 1. The fraction of sp³-hybridized carbons (Fsp3) is 0.444. The second kappa shape index (κ2) is 12.9. The number of hydrogen-bond acceptors (Lipinski definition) is 6. The zero-order valence-corrected chi connectivity index (χ0v) is 21.1. The summed E-state index contributed by atoms with van der Waals surface area (Å²) >= 11 is 0. The Morgan fingerprint density at radius 1 is 1.14 bits per heavy atom. The molecule has 1 aliphatic carbocycles. The highest BCUT2D eigenvalue weighted by molar-refractivity contribution is 6.01. The molecule has 194 valence electrons. The lowest BCUT2D eigenvalue weighted by molar-refractivity contribution is -0.134. The summed E-state index contributed by atoms with van der Waals surface area (Å²) < 4.78 is 10.8. The summed E-state index contributed by atoms with van der Waals surface area (Å²) in [5.41, 5.74) is 6.09. The number of aryl methyl sites for hydroxylation is 2. The molecule has 1 atom stereocenters. The highest BCUT2D eigenvalue weighted by atomic mass is 16.5. The summed E-state index contributed by atoms with van der Waals surface area (Å²) in [6.45, 7) is 1.76. The molecule has 2 aromatic rings. The van der Waals surface area contributed by atoms with Crippen LogP contribution in [0.4, 0.5) is 0 Å². The average molecular weight is 498 g/mol. The van der Waals surface area contributed by atoms with E-state index in [9.17, 15) is 14.4 Å². The van der Waals surface area contributed by atoms with Gasteiger partial charge < -0.3 is 19.8 Å². The topological polar surface area (TPSA) is 130 Å². The fourth-order valence-electron chi connectivity index (χ4n) is 4.59. The molecule has 0 saturated carbocycles. The van der Waals surface area contributed by atoms with E-state index in [1.54, 1.807) is 25.9 Å². The number of fused-ring (bicyclic) bond motifs is 1. The third-order valence-corrected chi connectivity index (χ3v) is 6.61. The number of aromatic amines is 1. The van der Waals surface area contributed by atoms with Crippen LogP contribution in [0.1, 0.15) is 58.4 Å². The van der Waals surface area contributed by atoms with Gasteiger partial charge in [-0.05, 0) is 68.7 Å². The van der Waals surface area contributed by atoms with Crippen LogP contribution in [0, 0.1) is 12.8 Å². The van der Waals surface area contributed by atoms with E-state index in [0.29, 0.717) is 31.2 Å². The van der Waals surface area contributed by atoms with Crippen LogP contribution in [0.2, 0.25) is 0 Å². The Morgan fingerprint density at radius 2 is 1.86 bits per heavy atom. The van der Waals surface area contributed by atoms with E-state index in [1.165, 1.54) is 0 Å². The molecule has 0 saturated heterocycles. The first-order valence-electron chi connectivity index (χ1n) is 12.2. The Balaban J connectivity index is 1.61. The number of Topliss-reactive ketones (excluding diaryl/α,β-unsaturated/α-hetero) is 1. The van der Waals surface area contributed by atoms with Gasteiger partial charge >= 0.3 is 0 Å². The lowest BCUT2D eigenvalue weighted by Gasteiger charge is -2.17. The number of benzene rings is 1. The van der Waals surface area contributed by atoms with Crippen molar-refractivity contribution in [2.45, 2.75) is 51.9 Å². The normalized spacial score (nSPS) is 13.3. The number of amides is 2. The second-order valence-electron chi connectivity index (χ2n) is 8.97. The van der Waals surface area contributed by atoms with Gasteiger partial charge in [0, 0.05) is 35.4 Å². The number of H-pyrrole nitrogens is 1. The minimum absolute atomic E-state index is 0.156. The summed E-state index contributed by atoms with van der Waals surface area (Å²) in [5, 5.41) is 11.7. The predicted molar refractivity (Wildman–Crippen MR) is 135 cm³/mol. The van der Waals surface area contributed by atoms with E-state index in [0.717, 1.165) is 46.7 Å². The number of nitrogens with one attached hydrogen (secondary N) is 3. The van der Waals surface area contributed by atoms with Gasteiger partial charge in [0.2, 0.25) is 11.8 Å². The third-order valence-electron chi connectivity index (χ3n) is 6.61. The highest BCUT2D eigenvalue weighted by Gasteiger charge is 2.24. The summed E-state index contributed by atoms with van der Waals surface area (Å²) in [6.07, 6.45) is 9.79. The van der Waals surface area contributed by atoms with Crippen molar-refractivity contribution >= 4 is 17.6 Å². The molecule has 3 rings (SSSR count). The average Bonchev–Trinajstić information content (AvgIpc) is 3.14. The van der Waals surface area contributed by atoms with Crippen LogP contribution in [0.3, 0.4) is 0 Å². The van der Waals surface area contributed by atoms with Crippen molar-refractivity contribution in [1.29, 1.82) is 0 Å². The van der Waals surface area contributed by atoms with Crippen molar-refractivity contribution in [3.8, 4) is 11.5 Å². The van der Waals surface area contributed by atoms with Crippen molar-refractivity contribution in [2.24, 2.45) is 5.92 Å². The fourth-order valence-corrected chi connectivity index (χ4v) is 4.59. The van der Waals surface area contributed by atoms with E-state index >= 15 is 0 Å². The number of ketones is 1. The van der Waals surface area contributed by atoms with E-state index in [1.807, 2.05) is 19.1 Å². The number of rotatable bonds is 12. The van der Waals surface area contributed by atoms with Gasteiger partial charge in [0.1, 0.15) is 11.5 Å². The van der Waals surface area contributed by atoms with E-state index in [-0.39, 0.29) is 18.7 Å². The number of allylic oxidation sites excluding steroid dienone is 2. The zero-order valence-electron chi connectivity index (χ0n) is 21.1. The molecule has 36 heavy (non-hydrogen) atoms. The number of carbonyl (C=O) groups is 3. The van der Waals surface area contributed by atoms with Crippen LogP contribution in [-0.4, -0.2) is 48.6 Å². The van der Waals surface area contributed by atoms with Crippen LogP contribution in [0.5, 0.6) is 11.5 Å². The van der Waals surface area contributed by atoms with Gasteiger partial charge in [0.25, 0.3) is 0 Å². The largest absolute Gasteiger partial charge is 0.496 e. The number of ether oxygens (including phenoxy) is 2. The number of hydrogen-bond donors (Lipinski definition) is 4. The maximum absolute atomic E-state index is 12.9. The van der Waals surface area contributed by atoms with Crippen molar-refractivity contribution in [1.82, 2.24) is 15.8 Å². The van der Waals surface area contributed by atoms with Crippen LogP contribution in [0.15, 0.2) is 30.5 Å². The van der Waals surface area contributed by atoms with Gasteiger partial charge in [-0.3, -0.25) is 19.6 Å². The Labute approximate surface area is 211 Å². The van der Waals surface area contributed by atoms with Crippen molar-refractivity contribution in [2.75, 3.05) is 20.8 Å². The molecule has 1 aromatic heterocycles. The minimum atomic E-state index is -0.689. The first kappa shape index (κ1) is 27.0. The molecule has 0 spiro atoms. The van der Waals surface area contributed by atoms with Crippen molar-refractivity contribution < 1.29 is 29.1 Å². The van der Waals surface area contributed by atoms with Gasteiger partial charge in [-0.15, -0.1) is 0 Å². The van der Waals surface area contributed by atoms with Crippen LogP contribution >= 0.6 is 0 Å². The SMILES string of the molecule is COc1cc(CCCC(CC(=O)NO)C(=O)NCC(=O)c2c[nH]c3c2CC=CCC3)cc(OC)c1C. The monoisotopic (exact) mass is 497 g/mol. The molecule has 9 heteroatoms. The van der Waals surface area contributed by atoms with Crippen molar-refractivity contribution in [3.05, 3.63) is 58.4 Å². The lowest BCUT2D eigenvalue weighted by atomic mass is 9.94. The molecule has 2 amide bonds.